The van der Waals surface area contributed by atoms with Crippen molar-refractivity contribution in [1.29, 1.82) is 0 Å². The number of imide groups is 2. The molecule has 8 heteroatoms. The predicted molar refractivity (Wildman–Crippen MR) is 117 cm³/mol. The molecule has 0 saturated carbocycles. The zero-order valence-corrected chi connectivity index (χ0v) is 18.0. The molecule has 0 atom stereocenters. The molecular formula is C22H20Cl2N2O4. The molecule has 2 aromatic carbocycles. The van der Waals surface area contributed by atoms with Crippen molar-refractivity contribution in [2.75, 3.05) is 11.5 Å². The van der Waals surface area contributed by atoms with Crippen LogP contribution in [0.3, 0.4) is 0 Å². The number of ether oxygens (including phenoxy) is 1. The van der Waals surface area contributed by atoms with E-state index in [1.54, 1.807) is 37.3 Å². The van der Waals surface area contributed by atoms with E-state index in [2.05, 4.69) is 5.32 Å². The first-order valence-corrected chi connectivity index (χ1v) is 10.2. The number of hydrogen-bond acceptors (Lipinski definition) is 4. The number of amides is 4. The zero-order chi connectivity index (χ0) is 21.8. The van der Waals surface area contributed by atoms with E-state index in [0.29, 0.717) is 28.0 Å². The molecule has 0 bridgehead atoms. The number of anilines is 1. The maximum Gasteiger partial charge on any atom is 0.335 e. The lowest BCUT2D eigenvalue weighted by Crippen LogP contribution is -2.54. The van der Waals surface area contributed by atoms with E-state index >= 15 is 0 Å². The summed E-state index contributed by atoms with van der Waals surface area (Å²) in [7, 11) is 0. The fourth-order valence-corrected chi connectivity index (χ4v) is 3.21. The first-order chi connectivity index (χ1) is 14.3. The minimum Gasteiger partial charge on any atom is -0.493 e. The summed E-state index contributed by atoms with van der Waals surface area (Å²) in [6, 6.07) is 8.88. The highest BCUT2D eigenvalue weighted by atomic mass is 35.5. The molecule has 3 rings (SSSR count). The number of hydrogen-bond donors (Lipinski definition) is 1. The van der Waals surface area contributed by atoms with E-state index in [9.17, 15) is 14.4 Å². The number of benzene rings is 2. The van der Waals surface area contributed by atoms with Crippen LogP contribution in [0.5, 0.6) is 5.75 Å². The van der Waals surface area contributed by atoms with Crippen molar-refractivity contribution in [2.24, 2.45) is 0 Å². The topological polar surface area (TPSA) is 75.7 Å². The highest BCUT2D eigenvalue weighted by Crippen LogP contribution is 2.29. The van der Waals surface area contributed by atoms with Crippen molar-refractivity contribution < 1.29 is 19.1 Å². The lowest BCUT2D eigenvalue weighted by molar-refractivity contribution is -0.122. The summed E-state index contributed by atoms with van der Waals surface area (Å²) in [5, 5.41) is 3.01. The molecule has 1 N–H and O–H groups in total. The normalized spacial score (nSPS) is 15.5. The van der Waals surface area contributed by atoms with Crippen LogP contribution in [0.2, 0.25) is 10.0 Å². The zero-order valence-electron chi connectivity index (χ0n) is 16.5. The van der Waals surface area contributed by atoms with Gasteiger partial charge in [0.1, 0.15) is 11.3 Å². The highest BCUT2D eigenvalue weighted by Gasteiger charge is 2.37. The summed E-state index contributed by atoms with van der Waals surface area (Å²) < 4.78 is 5.76. The third-order valence-corrected chi connectivity index (χ3v) is 5.18. The van der Waals surface area contributed by atoms with Gasteiger partial charge in [0.2, 0.25) is 0 Å². The third kappa shape index (κ3) is 4.66. The smallest absolute Gasteiger partial charge is 0.335 e. The van der Waals surface area contributed by atoms with Crippen LogP contribution in [0.4, 0.5) is 10.5 Å². The van der Waals surface area contributed by atoms with Gasteiger partial charge in [0.25, 0.3) is 11.8 Å². The number of unbranched alkanes of at least 4 members (excludes halogenated alkanes) is 1. The molecule has 1 saturated heterocycles. The first kappa shape index (κ1) is 21.9. The average Bonchev–Trinajstić information content (AvgIpc) is 2.69. The Morgan fingerprint density at radius 2 is 1.87 bits per heavy atom. The summed E-state index contributed by atoms with van der Waals surface area (Å²) in [6.07, 6.45) is 3.19. The van der Waals surface area contributed by atoms with Crippen molar-refractivity contribution in [3.05, 3.63) is 63.1 Å². The number of nitrogens with one attached hydrogen (secondary N) is 1. The van der Waals surface area contributed by atoms with Gasteiger partial charge in [-0.05, 0) is 55.3 Å². The van der Waals surface area contributed by atoms with Crippen LogP contribution < -0.4 is 15.0 Å². The van der Waals surface area contributed by atoms with Crippen LogP contribution in [0, 0.1) is 6.92 Å². The van der Waals surface area contributed by atoms with Crippen molar-refractivity contribution in [3.8, 4) is 5.75 Å². The summed E-state index contributed by atoms with van der Waals surface area (Å²) in [5.74, 6) is -1.06. The van der Waals surface area contributed by atoms with E-state index < -0.39 is 17.8 Å². The second-order valence-electron chi connectivity index (χ2n) is 6.78. The standard InChI is InChI=1S/C22H20Cl2N2O4/c1-3-4-9-30-19-8-6-15(23)10-14(19)11-17-20(27)25-22(29)26(21(17)28)16-7-5-13(2)18(24)12-16/h5-8,10-12H,3-4,9H2,1-2H3,(H,25,27,29)/b17-11+. The van der Waals surface area contributed by atoms with Crippen LogP contribution in [0.25, 0.3) is 6.08 Å². The Morgan fingerprint density at radius 3 is 2.57 bits per heavy atom. The molecule has 0 unspecified atom stereocenters. The van der Waals surface area contributed by atoms with Crippen LogP contribution >= 0.6 is 23.2 Å². The van der Waals surface area contributed by atoms with Crippen molar-refractivity contribution >= 4 is 52.8 Å². The minimum absolute atomic E-state index is 0.214. The number of carbonyl (C=O) groups is 3. The number of aryl methyl sites for hydroxylation is 1. The molecule has 1 aliphatic rings. The quantitative estimate of drug-likeness (QED) is 0.378. The first-order valence-electron chi connectivity index (χ1n) is 9.41. The third-order valence-electron chi connectivity index (χ3n) is 4.54. The average molecular weight is 447 g/mol. The summed E-state index contributed by atoms with van der Waals surface area (Å²) >= 11 is 12.2. The van der Waals surface area contributed by atoms with E-state index in [1.807, 2.05) is 6.92 Å². The number of halogens is 2. The number of carbonyl (C=O) groups excluding carboxylic acids is 3. The molecule has 0 aliphatic carbocycles. The lowest BCUT2D eigenvalue weighted by atomic mass is 10.1. The SMILES string of the molecule is CCCCOc1ccc(Cl)cc1/C=C1\C(=O)NC(=O)N(c2ccc(C)c(Cl)c2)C1=O. The van der Waals surface area contributed by atoms with Crippen LogP contribution in [-0.4, -0.2) is 24.5 Å². The van der Waals surface area contributed by atoms with Gasteiger partial charge in [-0.25, -0.2) is 9.69 Å². The molecule has 4 amide bonds. The number of nitrogens with zero attached hydrogens (tertiary/aromatic N) is 1. The Balaban J connectivity index is 2.00. The van der Waals surface area contributed by atoms with Gasteiger partial charge < -0.3 is 4.74 Å². The summed E-state index contributed by atoms with van der Waals surface area (Å²) in [4.78, 5) is 38.7. The van der Waals surface area contributed by atoms with E-state index in [-0.39, 0.29) is 11.3 Å². The second kappa shape index (κ2) is 9.32. The summed E-state index contributed by atoms with van der Waals surface area (Å²) in [6.45, 7) is 4.33. The maximum absolute atomic E-state index is 13.1. The van der Waals surface area contributed by atoms with Crippen LogP contribution in [0.15, 0.2) is 42.0 Å². The molecule has 30 heavy (non-hydrogen) atoms. The Labute approximate surface area is 184 Å². The van der Waals surface area contributed by atoms with Gasteiger partial charge in [-0.3, -0.25) is 14.9 Å². The van der Waals surface area contributed by atoms with Gasteiger partial charge in [0.15, 0.2) is 0 Å². The monoisotopic (exact) mass is 446 g/mol. The lowest BCUT2D eigenvalue weighted by Gasteiger charge is -2.26. The van der Waals surface area contributed by atoms with Gasteiger partial charge in [-0.2, -0.15) is 0 Å². The number of urea groups is 1. The molecule has 1 heterocycles. The molecule has 6 nitrogen and oxygen atoms in total. The molecule has 2 aromatic rings. The van der Waals surface area contributed by atoms with Gasteiger partial charge in [0.05, 0.1) is 12.3 Å². The molecule has 156 valence electrons. The second-order valence-corrected chi connectivity index (χ2v) is 7.62. The largest absolute Gasteiger partial charge is 0.493 e. The number of rotatable bonds is 6. The maximum atomic E-state index is 13.1. The number of barbiturate groups is 1. The van der Waals surface area contributed by atoms with E-state index in [1.165, 1.54) is 12.1 Å². The Bertz CT molecular complexity index is 1050. The van der Waals surface area contributed by atoms with Gasteiger partial charge >= 0.3 is 6.03 Å². The fourth-order valence-electron chi connectivity index (χ4n) is 2.86. The Morgan fingerprint density at radius 1 is 1.10 bits per heavy atom. The van der Waals surface area contributed by atoms with E-state index in [0.717, 1.165) is 23.3 Å². The van der Waals surface area contributed by atoms with Crippen molar-refractivity contribution in [1.82, 2.24) is 5.32 Å². The van der Waals surface area contributed by atoms with Gasteiger partial charge in [0, 0.05) is 15.6 Å². The Hall–Kier alpha value is -2.83. The molecule has 1 fully saturated rings. The molecular weight excluding hydrogens is 427 g/mol. The molecule has 0 spiro atoms. The molecule has 1 aliphatic heterocycles. The van der Waals surface area contributed by atoms with Crippen molar-refractivity contribution in [2.45, 2.75) is 26.7 Å². The molecule has 0 radical (unpaired) electrons. The predicted octanol–water partition coefficient (Wildman–Crippen LogP) is 5.15. The minimum atomic E-state index is -0.840. The van der Waals surface area contributed by atoms with Gasteiger partial charge in [-0.1, -0.05) is 42.6 Å². The van der Waals surface area contributed by atoms with Gasteiger partial charge in [-0.15, -0.1) is 0 Å². The molecule has 0 aromatic heterocycles. The Kier molecular flexibility index (Phi) is 6.80. The van der Waals surface area contributed by atoms with Crippen molar-refractivity contribution in [3.63, 3.8) is 0 Å². The fraction of sp³-hybridized carbons (Fsp3) is 0.227. The van der Waals surface area contributed by atoms with E-state index in [4.69, 9.17) is 27.9 Å². The summed E-state index contributed by atoms with van der Waals surface area (Å²) in [5.41, 5.74) is 1.31. The highest BCUT2D eigenvalue weighted by molar-refractivity contribution is 6.39. The van der Waals surface area contributed by atoms with Crippen LogP contribution in [-0.2, 0) is 9.59 Å². The van der Waals surface area contributed by atoms with Crippen LogP contribution in [0.1, 0.15) is 30.9 Å².